The van der Waals surface area contributed by atoms with Gasteiger partial charge < -0.3 is 10.2 Å². The Morgan fingerprint density at radius 2 is 1.74 bits per heavy atom. The molecule has 0 heterocycles. The Kier molecular flexibility index (Phi) is 7.41. The van der Waals surface area contributed by atoms with Crippen molar-refractivity contribution in [2.24, 2.45) is 0 Å². The zero-order chi connectivity index (χ0) is 17.5. The molecule has 23 heavy (non-hydrogen) atoms. The summed E-state index contributed by atoms with van der Waals surface area (Å²) in [7, 11) is 0. The number of carbonyl (C=O) groups excluding carboxylic acids is 2. The molecule has 1 aromatic rings. The molecule has 4 nitrogen and oxygen atoms in total. The van der Waals surface area contributed by atoms with Crippen LogP contribution in [0.3, 0.4) is 0 Å². The lowest BCUT2D eigenvalue weighted by Gasteiger charge is -2.18. The first kappa shape index (κ1) is 19.3. The van der Waals surface area contributed by atoms with Crippen LogP contribution in [0.4, 0.5) is 18.9 Å². The normalized spacial score (nSPS) is 11.2. The fourth-order valence-corrected chi connectivity index (χ4v) is 2.64. The third-order valence-corrected chi connectivity index (χ3v) is 4.00. The Balaban J connectivity index is 2.54. The lowest BCUT2D eigenvalue weighted by atomic mass is 10.1. The van der Waals surface area contributed by atoms with Crippen LogP contribution in [0.15, 0.2) is 24.3 Å². The van der Waals surface area contributed by atoms with Crippen molar-refractivity contribution in [2.75, 3.05) is 29.9 Å². The third kappa shape index (κ3) is 6.13. The van der Waals surface area contributed by atoms with Crippen molar-refractivity contribution in [3.05, 3.63) is 29.8 Å². The minimum absolute atomic E-state index is 0.0841. The summed E-state index contributed by atoms with van der Waals surface area (Å²) in [4.78, 5) is 25.1. The van der Waals surface area contributed by atoms with Crippen LogP contribution in [-0.4, -0.2) is 41.3 Å². The van der Waals surface area contributed by atoms with Gasteiger partial charge in [-0.3, -0.25) is 9.59 Å². The van der Waals surface area contributed by atoms with E-state index in [0.29, 0.717) is 13.1 Å². The van der Waals surface area contributed by atoms with Crippen molar-refractivity contribution in [1.82, 2.24) is 4.90 Å². The smallest absolute Gasteiger partial charge is 0.343 e. The van der Waals surface area contributed by atoms with Crippen LogP contribution in [-0.2, 0) is 15.8 Å². The van der Waals surface area contributed by atoms with Gasteiger partial charge in [0.05, 0.1) is 22.8 Å². The van der Waals surface area contributed by atoms with Crippen LogP contribution in [0.5, 0.6) is 0 Å². The molecule has 2 amide bonds. The van der Waals surface area contributed by atoms with Crippen LogP contribution in [0.2, 0.25) is 0 Å². The maximum atomic E-state index is 12.8. The van der Waals surface area contributed by atoms with Gasteiger partial charge in [-0.1, -0.05) is 12.1 Å². The number of rotatable bonds is 7. The van der Waals surface area contributed by atoms with E-state index in [0.717, 1.165) is 17.8 Å². The number of hydrogen-bond donors (Lipinski definition) is 1. The predicted octanol–water partition coefficient (Wildman–Crippen LogP) is 3.25. The zero-order valence-corrected chi connectivity index (χ0v) is 13.8. The second-order valence-electron chi connectivity index (χ2n) is 4.65. The minimum Gasteiger partial charge on any atom is -0.343 e. The second-order valence-corrected chi connectivity index (χ2v) is 5.64. The molecule has 0 aromatic heterocycles. The molecule has 0 spiro atoms. The number of benzene rings is 1. The molecule has 1 aromatic carbocycles. The number of nitrogens with one attached hydrogen (secondary N) is 1. The maximum Gasteiger partial charge on any atom is 0.418 e. The van der Waals surface area contributed by atoms with E-state index in [2.05, 4.69) is 5.32 Å². The average molecular weight is 348 g/mol. The van der Waals surface area contributed by atoms with Crippen molar-refractivity contribution in [3.8, 4) is 0 Å². The van der Waals surface area contributed by atoms with Crippen LogP contribution in [0.1, 0.15) is 19.4 Å². The highest BCUT2D eigenvalue weighted by Gasteiger charge is 2.33. The Morgan fingerprint density at radius 1 is 1.13 bits per heavy atom. The van der Waals surface area contributed by atoms with E-state index in [4.69, 9.17) is 0 Å². The number of amides is 2. The number of carbonyl (C=O) groups is 2. The Morgan fingerprint density at radius 3 is 2.30 bits per heavy atom. The van der Waals surface area contributed by atoms with E-state index in [1.807, 2.05) is 13.8 Å². The van der Waals surface area contributed by atoms with Gasteiger partial charge in [0.15, 0.2) is 0 Å². The summed E-state index contributed by atoms with van der Waals surface area (Å²) in [5.74, 6) is -0.627. The van der Waals surface area contributed by atoms with E-state index in [9.17, 15) is 22.8 Å². The predicted molar refractivity (Wildman–Crippen MR) is 85.3 cm³/mol. The summed E-state index contributed by atoms with van der Waals surface area (Å²) >= 11 is 1.08. The van der Waals surface area contributed by atoms with E-state index in [1.165, 1.54) is 18.2 Å². The van der Waals surface area contributed by atoms with Crippen LogP contribution >= 0.6 is 11.8 Å². The highest BCUT2D eigenvalue weighted by atomic mass is 32.2. The van der Waals surface area contributed by atoms with E-state index in [-0.39, 0.29) is 23.1 Å². The summed E-state index contributed by atoms with van der Waals surface area (Å²) in [5.41, 5.74) is -1.17. The van der Waals surface area contributed by atoms with Crippen molar-refractivity contribution in [2.45, 2.75) is 20.0 Å². The molecular formula is C15H19F3N2O2S. The number of hydrogen-bond acceptors (Lipinski definition) is 3. The monoisotopic (exact) mass is 348 g/mol. The molecule has 8 heteroatoms. The van der Waals surface area contributed by atoms with Gasteiger partial charge >= 0.3 is 6.18 Å². The van der Waals surface area contributed by atoms with Crippen molar-refractivity contribution < 1.29 is 22.8 Å². The van der Waals surface area contributed by atoms with E-state index < -0.39 is 17.6 Å². The van der Waals surface area contributed by atoms with Gasteiger partial charge in [0, 0.05) is 13.1 Å². The first-order valence-electron chi connectivity index (χ1n) is 7.11. The molecule has 0 unspecified atom stereocenters. The molecule has 1 N–H and O–H groups in total. The number of halogens is 3. The third-order valence-electron chi connectivity index (χ3n) is 3.08. The topological polar surface area (TPSA) is 49.4 Å². The number of thioether (sulfide) groups is 1. The molecule has 0 radical (unpaired) electrons. The van der Waals surface area contributed by atoms with Gasteiger partial charge in [0.25, 0.3) is 0 Å². The molecule has 0 atom stereocenters. The van der Waals surface area contributed by atoms with Gasteiger partial charge in [-0.2, -0.15) is 13.2 Å². The van der Waals surface area contributed by atoms with Gasteiger partial charge in [0.1, 0.15) is 0 Å². The summed E-state index contributed by atoms with van der Waals surface area (Å²) in [5, 5.41) is 2.24. The summed E-state index contributed by atoms with van der Waals surface area (Å²) in [6.45, 7) is 4.88. The maximum absolute atomic E-state index is 12.8. The molecule has 0 aliphatic heterocycles. The Labute approximate surface area is 137 Å². The highest BCUT2D eigenvalue weighted by Crippen LogP contribution is 2.34. The van der Waals surface area contributed by atoms with Gasteiger partial charge in [-0.25, -0.2) is 0 Å². The van der Waals surface area contributed by atoms with Gasteiger partial charge in [-0.15, -0.1) is 11.8 Å². The summed E-state index contributed by atoms with van der Waals surface area (Å²) in [6.07, 6.45) is -4.53. The van der Waals surface area contributed by atoms with Gasteiger partial charge in [0.2, 0.25) is 11.8 Å². The van der Waals surface area contributed by atoms with Crippen molar-refractivity contribution >= 4 is 29.3 Å². The van der Waals surface area contributed by atoms with Crippen molar-refractivity contribution in [1.29, 1.82) is 0 Å². The van der Waals surface area contributed by atoms with Crippen LogP contribution in [0.25, 0.3) is 0 Å². The molecule has 0 fully saturated rings. The fourth-order valence-electron chi connectivity index (χ4n) is 1.92. The molecular weight excluding hydrogens is 329 g/mol. The number of anilines is 1. The molecule has 0 aliphatic rings. The molecule has 1 rings (SSSR count). The van der Waals surface area contributed by atoms with Gasteiger partial charge in [-0.05, 0) is 26.0 Å². The SMILES string of the molecule is CCN(CC)C(=O)CSCC(=O)Nc1ccccc1C(F)(F)F. The Bertz CT molecular complexity index is 546. The minimum atomic E-state index is -4.53. The first-order valence-corrected chi connectivity index (χ1v) is 8.26. The number of alkyl halides is 3. The highest BCUT2D eigenvalue weighted by molar-refractivity contribution is 8.00. The molecule has 128 valence electrons. The molecule has 0 saturated heterocycles. The number of nitrogens with zero attached hydrogens (tertiary/aromatic N) is 1. The standard InChI is InChI=1S/C15H19F3N2O2S/c1-3-20(4-2)14(22)10-23-9-13(21)19-12-8-6-5-7-11(12)15(16,17)18/h5-8H,3-4,9-10H2,1-2H3,(H,19,21). The van der Waals surface area contributed by atoms with E-state index in [1.54, 1.807) is 4.90 Å². The summed E-state index contributed by atoms with van der Waals surface area (Å²) < 4.78 is 38.5. The molecule has 0 bridgehead atoms. The van der Waals surface area contributed by atoms with E-state index >= 15 is 0 Å². The zero-order valence-electron chi connectivity index (χ0n) is 12.9. The fraction of sp³-hybridized carbons (Fsp3) is 0.467. The summed E-state index contributed by atoms with van der Waals surface area (Å²) in [6, 6.07) is 4.79. The molecule has 0 aliphatic carbocycles. The lowest BCUT2D eigenvalue weighted by Crippen LogP contribution is -2.32. The Hall–Kier alpha value is -1.70. The quantitative estimate of drug-likeness (QED) is 0.823. The number of para-hydroxylation sites is 1. The molecule has 0 saturated carbocycles. The average Bonchev–Trinajstić information content (AvgIpc) is 2.48. The largest absolute Gasteiger partial charge is 0.418 e. The van der Waals surface area contributed by atoms with Crippen LogP contribution in [0, 0.1) is 0 Å². The van der Waals surface area contributed by atoms with Crippen LogP contribution < -0.4 is 5.32 Å². The van der Waals surface area contributed by atoms with Crippen molar-refractivity contribution in [3.63, 3.8) is 0 Å². The lowest BCUT2D eigenvalue weighted by molar-refractivity contribution is -0.137. The second kappa shape index (κ2) is 8.81. The first-order chi connectivity index (χ1) is 10.8.